The number of rotatable bonds is 8. The van der Waals surface area contributed by atoms with E-state index < -0.39 is 0 Å². The Balaban J connectivity index is 2.30. The Morgan fingerprint density at radius 3 is 2.94 bits per heavy atom. The van der Waals surface area contributed by atoms with E-state index in [9.17, 15) is 0 Å². The second-order valence-corrected chi connectivity index (χ2v) is 3.90. The number of nitrogens with one attached hydrogen (secondary N) is 1. The van der Waals surface area contributed by atoms with Gasteiger partial charge in [0.05, 0.1) is 5.69 Å². The lowest BCUT2D eigenvalue weighted by atomic mass is 10.0. The first kappa shape index (κ1) is 12.8. The van der Waals surface area contributed by atoms with Gasteiger partial charge in [0, 0.05) is 12.2 Å². The number of unbranched alkanes of at least 4 members (excludes halogenated alkanes) is 3. The monoisotopic (exact) mass is 219 g/mol. The van der Waals surface area contributed by atoms with Crippen LogP contribution in [-0.2, 0) is 0 Å². The quantitative estimate of drug-likeness (QED) is 0.539. The standard InChI is InChI=1S/C13H21N3/c1-3-4-5-6-7-8-12(14-2)13-9-10-15-11-16-13/h3,9-12,14H,1,4-8H2,2H3. The summed E-state index contributed by atoms with van der Waals surface area (Å²) in [5.41, 5.74) is 1.08. The fourth-order valence-electron chi connectivity index (χ4n) is 1.76. The first-order valence-corrected chi connectivity index (χ1v) is 5.92. The third-order valence-corrected chi connectivity index (χ3v) is 2.71. The van der Waals surface area contributed by atoms with Crippen molar-refractivity contribution in [1.82, 2.24) is 15.3 Å². The normalized spacial score (nSPS) is 12.3. The van der Waals surface area contributed by atoms with Crippen molar-refractivity contribution in [3.05, 3.63) is 36.9 Å². The number of hydrogen-bond donors (Lipinski definition) is 1. The summed E-state index contributed by atoms with van der Waals surface area (Å²) in [6.45, 7) is 3.73. The molecule has 0 aromatic carbocycles. The Hall–Kier alpha value is -1.22. The third-order valence-electron chi connectivity index (χ3n) is 2.71. The molecule has 0 spiro atoms. The van der Waals surface area contributed by atoms with E-state index in [0.29, 0.717) is 6.04 Å². The van der Waals surface area contributed by atoms with Gasteiger partial charge in [0.15, 0.2) is 0 Å². The zero-order valence-electron chi connectivity index (χ0n) is 10.0. The lowest BCUT2D eigenvalue weighted by Crippen LogP contribution is -2.17. The zero-order valence-corrected chi connectivity index (χ0v) is 10.0. The molecule has 1 aromatic heterocycles. The van der Waals surface area contributed by atoms with Crippen LogP contribution in [0.5, 0.6) is 0 Å². The van der Waals surface area contributed by atoms with E-state index in [1.807, 2.05) is 19.2 Å². The van der Waals surface area contributed by atoms with Gasteiger partial charge in [0.1, 0.15) is 6.33 Å². The molecule has 1 rings (SSSR count). The molecule has 88 valence electrons. The van der Waals surface area contributed by atoms with Crippen LogP contribution < -0.4 is 5.32 Å². The van der Waals surface area contributed by atoms with Crippen molar-refractivity contribution in [2.75, 3.05) is 7.05 Å². The lowest BCUT2D eigenvalue weighted by molar-refractivity contribution is 0.497. The maximum Gasteiger partial charge on any atom is 0.115 e. The highest BCUT2D eigenvalue weighted by Crippen LogP contribution is 2.17. The van der Waals surface area contributed by atoms with Crippen molar-refractivity contribution in [3.63, 3.8) is 0 Å². The molecule has 3 heteroatoms. The summed E-state index contributed by atoms with van der Waals surface area (Å²) in [5, 5.41) is 3.30. The third kappa shape index (κ3) is 4.53. The van der Waals surface area contributed by atoms with Gasteiger partial charge in [-0.25, -0.2) is 9.97 Å². The molecule has 0 saturated carbocycles. The SMILES string of the molecule is C=CCCCCCC(NC)c1ccncn1. The molecule has 16 heavy (non-hydrogen) atoms. The molecule has 0 aliphatic rings. The van der Waals surface area contributed by atoms with Crippen LogP contribution in [0.25, 0.3) is 0 Å². The van der Waals surface area contributed by atoms with E-state index in [1.54, 1.807) is 12.5 Å². The molecule has 0 aliphatic heterocycles. The molecule has 1 aromatic rings. The Bertz CT molecular complexity index is 284. The second-order valence-electron chi connectivity index (χ2n) is 3.90. The van der Waals surface area contributed by atoms with Crippen molar-refractivity contribution < 1.29 is 0 Å². The zero-order chi connectivity index (χ0) is 11.6. The van der Waals surface area contributed by atoms with Crippen LogP contribution in [0, 0.1) is 0 Å². The van der Waals surface area contributed by atoms with E-state index in [0.717, 1.165) is 18.5 Å². The fraction of sp³-hybridized carbons (Fsp3) is 0.538. The molecule has 1 N–H and O–H groups in total. The van der Waals surface area contributed by atoms with Crippen LogP contribution in [0.2, 0.25) is 0 Å². The van der Waals surface area contributed by atoms with Crippen molar-refractivity contribution in [1.29, 1.82) is 0 Å². The molecule has 0 radical (unpaired) electrons. The minimum absolute atomic E-state index is 0.353. The summed E-state index contributed by atoms with van der Waals surface area (Å²) in [7, 11) is 1.98. The van der Waals surface area contributed by atoms with Gasteiger partial charge in [-0.2, -0.15) is 0 Å². The maximum atomic E-state index is 4.28. The Morgan fingerprint density at radius 2 is 2.31 bits per heavy atom. The number of aromatic nitrogens is 2. The van der Waals surface area contributed by atoms with Crippen molar-refractivity contribution >= 4 is 0 Å². The highest BCUT2D eigenvalue weighted by molar-refractivity contribution is 5.04. The second kappa shape index (κ2) is 7.99. The summed E-state index contributed by atoms with van der Waals surface area (Å²) >= 11 is 0. The van der Waals surface area contributed by atoms with Gasteiger partial charge in [0.2, 0.25) is 0 Å². The first-order chi connectivity index (χ1) is 7.88. The van der Waals surface area contributed by atoms with Crippen LogP contribution in [0.1, 0.15) is 43.8 Å². The molecule has 1 atom stereocenters. The molecule has 0 aliphatic carbocycles. The summed E-state index contributed by atoms with van der Waals surface area (Å²) in [5.74, 6) is 0. The van der Waals surface area contributed by atoms with Crippen molar-refractivity contribution in [3.8, 4) is 0 Å². The molecule has 1 unspecified atom stereocenters. The van der Waals surface area contributed by atoms with Crippen LogP contribution >= 0.6 is 0 Å². The highest BCUT2D eigenvalue weighted by atomic mass is 14.9. The molecule has 0 fully saturated rings. The van der Waals surface area contributed by atoms with Gasteiger partial charge in [-0.15, -0.1) is 6.58 Å². The largest absolute Gasteiger partial charge is 0.312 e. The predicted octanol–water partition coefficient (Wildman–Crippen LogP) is 2.87. The van der Waals surface area contributed by atoms with Crippen LogP contribution in [0.4, 0.5) is 0 Å². The fourth-order valence-corrected chi connectivity index (χ4v) is 1.76. The Labute approximate surface area is 98.0 Å². The van der Waals surface area contributed by atoms with E-state index in [2.05, 4.69) is 21.9 Å². The van der Waals surface area contributed by atoms with Gasteiger partial charge < -0.3 is 5.32 Å². The molecule has 1 heterocycles. The number of hydrogen-bond acceptors (Lipinski definition) is 3. The first-order valence-electron chi connectivity index (χ1n) is 5.92. The average molecular weight is 219 g/mol. The van der Waals surface area contributed by atoms with E-state index >= 15 is 0 Å². The lowest BCUT2D eigenvalue weighted by Gasteiger charge is -2.14. The Morgan fingerprint density at radius 1 is 1.44 bits per heavy atom. The molecular weight excluding hydrogens is 198 g/mol. The molecular formula is C13H21N3. The smallest absolute Gasteiger partial charge is 0.115 e. The number of allylic oxidation sites excluding steroid dienone is 1. The van der Waals surface area contributed by atoms with Crippen LogP contribution in [0.3, 0.4) is 0 Å². The molecule has 0 amide bonds. The van der Waals surface area contributed by atoms with Crippen molar-refractivity contribution in [2.24, 2.45) is 0 Å². The Kier molecular flexibility index (Phi) is 6.42. The van der Waals surface area contributed by atoms with E-state index in [1.165, 1.54) is 19.3 Å². The molecule has 0 saturated heterocycles. The van der Waals surface area contributed by atoms with E-state index in [4.69, 9.17) is 0 Å². The minimum atomic E-state index is 0.353. The molecule has 0 bridgehead atoms. The highest BCUT2D eigenvalue weighted by Gasteiger charge is 2.09. The minimum Gasteiger partial charge on any atom is -0.312 e. The maximum absolute atomic E-state index is 4.28. The van der Waals surface area contributed by atoms with Gasteiger partial charge in [-0.1, -0.05) is 18.9 Å². The molecule has 3 nitrogen and oxygen atoms in total. The van der Waals surface area contributed by atoms with Gasteiger partial charge >= 0.3 is 0 Å². The van der Waals surface area contributed by atoms with E-state index in [-0.39, 0.29) is 0 Å². The van der Waals surface area contributed by atoms with Gasteiger partial charge in [0.25, 0.3) is 0 Å². The summed E-state index contributed by atoms with van der Waals surface area (Å²) in [6, 6.07) is 2.33. The number of nitrogens with zero attached hydrogens (tertiary/aromatic N) is 2. The van der Waals surface area contributed by atoms with Gasteiger partial charge in [-0.3, -0.25) is 0 Å². The van der Waals surface area contributed by atoms with Crippen LogP contribution in [-0.4, -0.2) is 17.0 Å². The van der Waals surface area contributed by atoms with Gasteiger partial charge in [-0.05, 0) is 32.4 Å². The summed E-state index contributed by atoms with van der Waals surface area (Å²) in [6.07, 6.45) is 11.4. The topological polar surface area (TPSA) is 37.8 Å². The van der Waals surface area contributed by atoms with Crippen molar-refractivity contribution in [2.45, 2.75) is 38.1 Å². The predicted molar refractivity (Wildman–Crippen MR) is 67.1 cm³/mol. The van der Waals surface area contributed by atoms with Crippen LogP contribution in [0.15, 0.2) is 31.2 Å². The summed E-state index contributed by atoms with van der Waals surface area (Å²) < 4.78 is 0. The average Bonchev–Trinajstić information content (AvgIpc) is 2.35. The summed E-state index contributed by atoms with van der Waals surface area (Å²) in [4.78, 5) is 8.21.